The van der Waals surface area contributed by atoms with E-state index in [0.29, 0.717) is 52.0 Å². The van der Waals surface area contributed by atoms with E-state index in [0.717, 1.165) is 64.2 Å². The maximum Gasteiger partial charge on any atom is 0.328 e. The maximum atomic E-state index is 12.9. The number of nitrogens with zero attached hydrogens (tertiary/aromatic N) is 2. The lowest BCUT2D eigenvalue weighted by Gasteiger charge is -2.23. The molecule has 2 atom stereocenters. The first kappa shape index (κ1) is 50.0. The first-order chi connectivity index (χ1) is 27.5. The van der Waals surface area contributed by atoms with Gasteiger partial charge in [0.1, 0.15) is 12.1 Å². The third-order valence-electron chi connectivity index (χ3n) is 12.2. The van der Waals surface area contributed by atoms with Crippen LogP contribution in [0.15, 0.2) is 0 Å². The SMILES string of the molecule is CCCCCCCCCCCCCCCC(=O)N1CCCC1C(=O)OCCCCCCOC(=O)C1CCCN1C(=O)CCCCCCCCCCCCCCC. The van der Waals surface area contributed by atoms with Crippen molar-refractivity contribution in [1.82, 2.24) is 9.80 Å². The van der Waals surface area contributed by atoms with Crippen molar-refractivity contribution < 1.29 is 28.7 Å². The van der Waals surface area contributed by atoms with E-state index < -0.39 is 12.1 Å². The molecule has 2 amide bonds. The molecule has 2 aliphatic rings. The van der Waals surface area contributed by atoms with E-state index in [1.54, 1.807) is 9.80 Å². The summed E-state index contributed by atoms with van der Waals surface area (Å²) in [6.07, 6.45) is 40.8. The Kier molecular flexibility index (Phi) is 31.2. The highest BCUT2D eigenvalue weighted by Gasteiger charge is 2.35. The summed E-state index contributed by atoms with van der Waals surface area (Å²) in [5.41, 5.74) is 0. The van der Waals surface area contributed by atoms with Crippen LogP contribution in [0.1, 0.15) is 245 Å². The normalized spacial score (nSPS) is 16.8. The molecule has 326 valence electrons. The summed E-state index contributed by atoms with van der Waals surface area (Å²) < 4.78 is 11.2. The van der Waals surface area contributed by atoms with Crippen LogP contribution in [0.2, 0.25) is 0 Å². The molecule has 2 rings (SSSR count). The van der Waals surface area contributed by atoms with Crippen molar-refractivity contribution in [2.24, 2.45) is 0 Å². The molecule has 56 heavy (non-hydrogen) atoms. The van der Waals surface area contributed by atoms with Crippen molar-refractivity contribution in [2.75, 3.05) is 26.3 Å². The number of rotatable bonds is 37. The highest BCUT2D eigenvalue weighted by molar-refractivity contribution is 5.85. The Labute approximate surface area is 344 Å². The lowest BCUT2D eigenvalue weighted by atomic mass is 10.0. The summed E-state index contributed by atoms with van der Waals surface area (Å²) in [4.78, 5) is 55.0. The van der Waals surface area contributed by atoms with Gasteiger partial charge in [-0.3, -0.25) is 9.59 Å². The Morgan fingerprint density at radius 3 is 0.964 bits per heavy atom. The molecule has 0 aromatic carbocycles. The lowest BCUT2D eigenvalue weighted by Crippen LogP contribution is -2.41. The van der Waals surface area contributed by atoms with E-state index in [1.807, 2.05) is 0 Å². The molecule has 2 aliphatic heterocycles. The second-order valence-electron chi connectivity index (χ2n) is 17.2. The predicted octanol–water partition coefficient (Wildman–Crippen LogP) is 12.6. The molecule has 0 aromatic rings. The van der Waals surface area contributed by atoms with E-state index in [9.17, 15) is 19.2 Å². The molecule has 0 saturated carbocycles. The average molecular weight is 789 g/mol. The fraction of sp³-hybridized carbons (Fsp3) is 0.917. The van der Waals surface area contributed by atoms with E-state index in [2.05, 4.69) is 13.8 Å². The zero-order chi connectivity index (χ0) is 40.3. The van der Waals surface area contributed by atoms with Crippen molar-refractivity contribution in [1.29, 1.82) is 0 Å². The van der Waals surface area contributed by atoms with Crippen molar-refractivity contribution in [3.63, 3.8) is 0 Å². The van der Waals surface area contributed by atoms with Crippen LogP contribution in [0.25, 0.3) is 0 Å². The van der Waals surface area contributed by atoms with Crippen LogP contribution in [-0.4, -0.2) is 71.9 Å². The molecule has 8 nitrogen and oxygen atoms in total. The van der Waals surface area contributed by atoms with Crippen LogP contribution in [-0.2, 0) is 28.7 Å². The molecule has 0 bridgehead atoms. The fourth-order valence-electron chi connectivity index (χ4n) is 8.59. The number of hydrogen-bond acceptors (Lipinski definition) is 6. The zero-order valence-corrected chi connectivity index (χ0v) is 36.8. The molecule has 0 aromatic heterocycles. The molecule has 0 spiro atoms. The minimum Gasteiger partial charge on any atom is -0.464 e. The van der Waals surface area contributed by atoms with Gasteiger partial charge in [0.2, 0.25) is 11.8 Å². The van der Waals surface area contributed by atoms with Gasteiger partial charge in [-0.25, -0.2) is 9.59 Å². The van der Waals surface area contributed by atoms with Gasteiger partial charge in [-0.1, -0.05) is 168 Å². The molecule has 0 radical (unpaired) electrons. The van der Waals surface area contributed by atoms with Gasteiger partial charge >= 0.3 is 11.9 Å². The van der Waals surface area contributed by atoms with Crippen LogP contribution >= 0.6 is 0 Å². The van der Waals surface area contributed by atoms with Crippen LogP contribution in [0.4, 0.5) is 0 Å². The second kappa shape index (κ2) is 34.9. The number of likely N-dealkylation sites (tertiary alicyclic amines) is 2. The third-order valence-corrected chi connectivity index (χ3v) is 12.2. The minimum absolute atomic E-state index is 0.0990. The van der Waals surface area contributed by atoms with Gasteiger partial charge in [-0.2, -0.15) is 0 Å². The Morgan fingerprint density at radius 2 is 0.661 bits per heavy atom. The summed E-state index contributed by atoms with van der Waals surface area (Å²) in [6.45, 7) is 6.55. The Balaban J connectivity index is 1.43. The van der Waals surface area contributed by atoms with Gasteiger partial charge in [0.25, 0.3) is 0 Å². The quantitative estimate of drug-likeness (QED) is 0.0460. The predicted molar refractivity (Wildman–Crippen MR) is 230 cm³/mol. The molecule has 0 N–H and O–H groups in total. The zero-order valence-electron chi connectivity index (χ0n) is 36.8. The van der Waals surface area contributed by atoms with Crippen LogP contribution in [0.5, 0.6) is 0 Å². The van der Waals surface area contributed by atoms with Gasteiger partial charge in [-0.15, -0.1) is 0 Å². The summed E-state index contributed by atoms with van der Waals surface area (Å²) in [5.74, 6) is -0.330. The summed E-state index contributed by atoms with van der Waals surface area (Å²) in [5, 5.41) is 0. The van der Waals surface area contributed by atoms with Gasteiger partial charge < -0.3 is 19.3 Å². The summed E-state index contributed by atoms with van der Waals surface area (Å²) >= 11 is 0. The first-order valence-corrected chi connectivity index (χ1v) is 24.4. The lowest BCUT2D eigenvalue weighted by molar-refractivity contribution is -0.154. The van der Waals surface area contributed by atoms with Crippen molar-refractivity contribution in [3.8, 4) is 0 Å². The molecule has 8 heteroatoms. The number of carbonyl (C=O) groups excluding carboxylic acids is 4. The van der Waals surface area contributed by atoms with Crippen LogP contribution in [0.3, 0.4) is 0 Å². The summed E-state index contributed by atoms with van der Waals surface area (Å²) in [7, 11) is 0. The minimum atomic E-state index is -0.430. The molecule has 2 unspecified atom stereocenters. The number of amides is 2. The average Bonchev–Trinajstić information content (AvgIpc) is 3.91. The summed E-state index contributed by atoms with van der Waals surface area (Å²) in [6, 6.07) is -0.861. The molecule has 2 heterocycles. The number of carbonyl (C=O) groups is 4. The smallest absolute Gasteiger partial charge is 0.328 e. The Bertz CT molecular complexity index is 926. The molecular formula is C48H88N2O6. The highest BCUT2D eigenvalue weighted by atomic mass is 16.5. The standard InChI is InChI=1S/C48H88N2O6/c1-3-5-7-9-11-13-15-17-19-21-23-25-29-37-45(51)49-39-33-35-43(49)47(53)55-41-31-27-28-32-42-56-48(54)44-36-34-40-50(44)46(52)38-30-26-24-22-20-18-16-14-12-10-8-6-4-2/h43-44H,3-42H2,1-2H3. The van der Waals surface area contributed by atoms with Crippen LogP contribution < -0.4 is 0 Å². The van der Waals surface area contributed by atoms with Crippen molar-refractivity contribution in [2.45, 2.75) is 257 Å². The Hall–Kier alpha value is -2.12. The van der Waals surface area contributed by atoms with Crippen molar-refractivity contribution >= 4 is 23.8 Å². The molecule has 0 aliphatic carbocycles. The molecule has 2 fully saturated rings. The number of unbranched alkanes of at least 4 members (excludes halogenated alkanes) is 27. The molecule has 2 saturated heterocycles. The van der Waals surface area contributed by atoms with Gasteiger partial charge in [0.05, 0.1) is 13.2 Å². The van der Waals surface area contributed by atoms with Crippen molar-refractivity contribution in [3.05, 3.63) is 0 Å². The van der Waals surface area contributed by atoms with E-state index in [4.69, 9.17) is 9.47 Å². The highest BCUT2D eigenvalue weighted by Crippen LogP contribution is 2.23. The largest absolute Gasteiger partial charge is 0.464 e. The van der Waals surface area contributed by atoms with Gasteiger partial charge in [0, 0.05) is 25.9 Å². The first-order valence-electron chi connectivity index (χ1n) is 24.4. The van der Waals surface area contributed by atoms with E-state index in [-0.39, 0.29) is 23.8 Å². The number of ether oxygens (including phenoxy) is 2. The maximum absolute atomic E-state index is 12.9. The van der Waals surface area contributed by atoms with Gasteiger partial charge in [-0.05, 0) is 64.2 Å². The Morgan fingerprint density at radius 1 is 0.393 bits per heavy atom. The number of esters is 2. The van der Waals surface area contributed by atoms with Crippen LogP contribution in [0, 0.1) is 0 Å². The fourth-order valence-corrected chi connectivity index (χ4v) is 8.59. The third kappa shape index (κ3) is 24.0. The molecular weight excluding hydrogens is 701 g/mol. The monoisotopic (exact) mass is 789 g/mol. The second-order valence-corrected chi connectivity index (χ2v) is 17.2. The number of hydrogen-bond donors (Lipinski definition) is 0. The topological polar surface area (TPSA) is 93.2 Å². The van der Waals surface area contributed by atoms with E-state index >= 15 is 0 Å². The van der Waals surface area contributed by atoms with E-state index in [1.165, 1.54) is 141 Å². The van der Waals surface area contributed by atoms with Gasteiger partial charge in [0.15, 0.2) is 0 Å².